The van der Waals surface area contributed by atoms with Crippen LogP contribution < -0.4 is 18.9 Å². The summed E-state index contributed by atoms with van der Waals surface area (Å²) in [6, 6.07) is 39.6. The third-order valence-corrected chi connectivity index (χ3v) is 14.5. The van der Waals surface area contributed by atoms with Crippen LogP contribution in [0.5, 0.6) is 0 Å². The second kappa shape index (κ2) is 17.8. The molecule has 0 bridgehead atoms. The maximum atomic E-state index is 2.45. The minimum Gasteiger partial charge on any atom is -0.338 e. The lowest BCUT2D eigenvalue weighted by Crippen LogP contribution is -2.47. The zero-order valence-corrected chi connectivity index (χ0v) is 37.4. The van der Waals surface area contributed by atoms with Gasteiger partial charge >= 0.3 is 0 Å². The Hall–Kier alpha value is -4.86. The number of hydrogen-bond acceptors (Lipinski definition) is 4. The standard InChI is InChI=1S/C51H60N6S2/c1-52-46-24-11-13-26-48(46)58-50(52)28-15-19-40-29-33-54(44-22-9-7-20-42(40)44)31-16-35-56(3,4)37-18-38-57(5,6)36-17-32-55-34-30-41(43-21-8-10-23-45(43)55)39-51-53(2)47-25-12-14-27-49(47)59-51/h7-15,19-30,33-34,39H,16-18,31-32,35-38H2,1-6H3/q+4. The van der Waals surface area contributed by atoms with E-state index in [4.69, 9.17) is 0 Å². The van der Waals surface area contributed by atoms with Crippen LogP contribution in [0.4, 0.5) is 11.4 Å². The highest BCUT2D eigenvalue weighted by Gasteiger charge is 2.25. The van der Waals surface area contributed by atoms with E-state index in [9.17, 15) is 0 Å². The molecule has 0 amide bonds. The monoisotopic (exact) mass is 820 g/mol. The molecule has 59 heavy (non-hydrogen) atoms. The van der Waals surface area contributed by atoms with Crippen LogP contribution in [0.3, 0.4) is 0 Å². The fraction of sp³-hybridized carbons (Fsp3) is 0.294. The average Bonchev–Trinajstić information content (AvgIpc) is 3.73. The third kappa shape index (κ3) is 9.47. The van der Waals surface area contributed by atoms with Crippen LogP contribution in [0.15, 0.2) is 154 Å². The van der Waals surface area contributed by atoms with Crippen LogP contribution in [0.25, 0.3) is 34.0 Å². The van der Waals surface area contributed by atoms with Crippen molar-refractivity contribution in [3.8, 4) is 0 Å². The second-order valence-corrected chi connectivity index (χ2v) is 19.5. The molecule has 0 radical (unpaired) electrons. The van der Waals surface area contributed by atoms with Gasteiger partial charge in [-0.15, -0.1) is 0 Å². The van der Waals surface area contributed by atoms with Crippen LogP contribution in [-0.2, 0) is 13.1 Å². The quantitative estimate of drug-likeness (QED) is 0.0757. The number of pyridine rings is 2. The topological polar surface area (TPSA) is 14.2 Å². The van der Waals surface area contributed by atoms with E-state index in [0.717, 1.165) is 48.0 Å². The minimum atomic E-state index is 1.02. The molecule has 0 spiro atoms. The number of fused-ring (bicyclic) bond motifs is 4. The summed E-state index contributed by atoms with van der Waals surface area (Å²) in [5, 5.41) is 5.13. The molecule has 0 saturated heterocycles. The highest BCUT2D eigenvalue weighted by atomic mass is 32.2. The van der Waals surface area contributed by atoms with Gasteiger partial charge in [0.15, 0.2) is 25.5 Å². The molecule has 6 aromatic rings. The number of anilines is 2. The SMILES string of the molecule is CN1/C(=C/C=C/c2cc[n+](CCC[N+](C)(C)CCC[N+](C)(C)CCC[n+]3ccc(/C=C4\Sc5ccccc5N4C)c4ccccc43)c3ccccc23)Sc2ccccc21. The maximum Gasteiger partial charge on any atom is 0.213 e. The van der Waals surface area contributed by atoms with Crippen molar-refractivity contribution in [3.63, 3.8) is 0 Å². The molecule has 0 fully saturated rings. The van der Waals surface area contributed by atoms with Crippen LogP contribution >= 0.6 is 23.5 Å². The molecule has 2 aliphatic rings. The molecule has 6 nitrogen and oxygen atoms in total. The number of rotatable bonds is 15. The van der Waals surface area contributed by atoms with Gasteiger partial charge in [0.25, 0.3) is 0 Å². The molecule has 8 heteroatoms. The van der Waals surface area contributed by atoms with Gasteiger partial charge in [-0.3, -0.25) is 0 Å². The predicted molar refractivity (Wildman–Crippen MR) is 252 cm³/mol. The van der Waals surface area contributed by atoms with Gasteiger partial charge in [0.1, 0.15) is 0 Å². The summed E-state index contributed by atoms with van der Waals surface area (Å²) in [7, 11) is 14.0. The van der Waals surface area contributed by atoms with Crippen molar-refractivity contribution >= 4 is 68.9 Å². The largest absolute Gasteiger partial charge is 0.338 e. The van der Waals surface area contributed by atoms with E-state index >= 15 is 0 Å². The summed E-state index contributed by atoms with van der Waals surface area (Å²) >= 11 is 3.69. The van der Waals surface area contributed by atoms with Crippen LogP contribution in [0.2, 0.25) is 0 Å². The predicted octanol–water partition coefficient (Wildman–Crippen LogP) is 10.2. The van der Waals surface area contributed by atoms with Gasteiger partial charge in [-0.05, 0) is 59.7 Å². The first-order chi connectivity index (χ1) is 28.6. The summed E-state index contributed by atoms with van der Waals surface area (Å²) < 4.78 is 7.00. The smallest absolute Gasteiger partial charge is 0.213 e. The number of benzene rings is 4. The molecule has 0 aliphatic carbocycles. The first-order valence-electron chi connectivity index (χ1n) is 21.1. The first-order valence-corrected chi connectivity index (χ1v) is 22.8. The summed E-state index contributed by atoms with van der Waals surface area (Å²) in [6.07, 6.45) is 17.1. The third-order valence-electron chi connectivity index (χ3n) is 12.1. The Morgan fingerprint density at radius 3 is 1.56 bits per heavy atom. The van der Waals surface area contributed by atoms with Gasteiger partial charge in [0, 0.05) is 54.6 Å². The molecular weight excluding hydrogens is 761 g/mol. The molecule has 2 aromatic heterocycles. The molecule has 0 N–H and O–H groups in total. The number of para-hydroxylation sites is 4. The van der Waals surface area contributed by atoms with Gasteiger partial charge in [0.05, 0.1) is 99.4 Å². The van der Waals surface area contributed by atoms with Crippen molar-refractivity contribution in [2.75, 3.05) is 78.3 Å². The number of aryl methyl sites for hydroxylation is 2. The van der Waals surface area contributed by atoms with E-state index in [-0.39, 0.29) is 0 Å². The van der Waals surface area contributed by atoms with E-state index in [1.165, 1.54) is 83.7 Å². The van der Waals surface area contributed by atoms with Crippen LogP contribution in [-0.4, -0.2) is 77.4 Å². The Balaban J connectivity index is 0.810. The van der Waals surface area contributed by atoms with Gasteiger partial charge < -0.3 is 18.8 Å². The van der Waals surface area contributed by atoms with E-state index in [0.29, 0.717) is 0 Å². The number of thioether (sulfide) groups is 2. The molecule has 0 unspecified atom stereocenters. The van der Waals surface area contributed by atoms with Crippen molar-refractivity contribution in [3.05, 3.63) is 155 Å². The van der Waals surface area contributed by atoms with Crippen LogP contribution in [0.1, 0.15) is 30.4 Å². The normalized spacial score (nSPS) is 15.7. The molecule has 8 rings (SSSR count). The lowest BCUT2D eigenvalue weighted by molar-refractivity contribution is -0.911. The summed E-state index contributed by atoms with van der Waals surface area (Å²) in [5.74, 6) is 0. The zero-order valence-electron chi connectivity index (χ0n) is 35.7. The zero-order chi connectivity index (χ0) is 41.0. The number of aromatic nitrogens is 2. The molecule has 0 saturated carbocycles. The minimum absolute atomic E-state index is 1.02. The molecule has 2 aliphatic heterocycles. The van der Waals surface area contributed by atoms with Crippen molar-refractivity contribution in [1.29, 1.82) is 0 Å². The molecule has 0 atom stereocenters. The van der Waals surface area contributed by atoms with E-state index in [2.05, 4.69) is 207 Å². The lowest BCUT2D eigenvalue weighted by atomic mass is 10.1. The van der Waals surface area contributed by atoms with Gasteiger partial charge in [-0.25, -0.2) is 0 Å². The summed E-state index contributed by atoms with van der Waals surface area (Å²) in [4.78, 5) is 7.22. The maximum absolute atomic E-state index is 2.45. The Kier molecular flexibility index (Phi) is 12.3. The Morgan fingerprint density at radius 2 is 0.983 bits per heavy atom. The Bertz CT molecular complexity index is 2550. The number of quaternary nitrogens is 2. The lowest BCUT2D eigenvalue weighted by Gasteiger charge is -2.33. The van der Waals surface area contributed by atoms with E-state index < -0.39 is 0 Å². The second-order valence-electron chi connectivity index (χ2n) is 17.4. The first kappa shape index (κ1) is 40.9. The van der Waals surface area contributed by atoms with Crippen LogP contribution in [0, 0.1) is 0 Å². The van der Waals surface area contributed by atoms with Gasteiger partial charge in [-0.2, -0.15) is 9.13 Å². The average molecular weight is 821 g/mol. The molecular formula is C51H60N6S2+4. The van der Waals surface area contributed by atoms with E-state index in [1.54, 1.807) is 0 Å². The Labute approximate surface area is 360 Å². The van der Waals surface area contributed by atoms with Gasteiger partial charge in [-0.1, -0.05) is 84.2 Å². The Morgan fingerprint density at radius 1 is 0.525 bits per heavy atom. The van der Waals surface area contributed by atoms with E-state index in [1.807, 2.05) is 23.5 Å². The van der Waals surface area contributed by atoms with Crippen molar-refractivity contribution in [1.82, 2.24) is 0 Å². The highest BCUT2D eigenvalue weighted by molar-refractivity contribution is 8.04. The number of nitrogens with zero attached hydrogens (tertiary/aromatic N) is 6. The molecule has 4 heterocycles. The highest BCUT2D eigenvalue weighted by Crippen LogP contribution is 2.46. The number of allylic oxidation sites excluding steroid dienone is 2. The fourth-order valence-corrected chi connectivity index (χ4v) is 10.8. The summed E-state index contributed by atoms with van der Waals surface area (Å²) in [6.45, 7) is 6.76. The molecule has 4 aromatic carbocycles. The number of hydrogen-bond donors (Lipinski definition) is 0. The van der Waals surface area contributed by atoms with Crippen molar-refractivity contribution in [2.45, 2.75) is 42.1 Å². The van der Waals surface area contributed by atoms with Gasteiger partial charge in [0.2, 0.25) is 11.0 Å². The molecule has 302 valence electrons. The fourth-order valence-electron chi connectivity index (χ4n) is 8.65. The van der Waals surface area contributed by atoms with Crippen molar-refractivity contribution in [2.24, 2.45) is 0 Å². The van der Waals surface area contributed by atoms with Crippen molar-refractivity contribution < 1.29 is 18.1 Å². The summed E-state index contributed by atoms with van der Waals surface area (Å²) in [5.41, 5.74) is 7.69.